The third-order valence-electron chi connectivity index (χ3n) is 3.54. The number of rotatable bonds is 5. The summed E-state index contributed by atoms with van der Waals surface area (Å²) in [7, 11) is 2.05. The SMILES string of the molecule is CCC(CCc1cccc2ccccc12)NC. The van der Waals surface area contributed by atoms with Crippen molar-refractivity contribution in [2.45, 2.75) is 32.2 Å². The van der Waals surface area contributed by atoms with Crippen molar-refractivity contribution < 1.29 is 0 Å². The van der Waals surface area contributed by atoms with Crippen LogP contribution in [0.4, 0.5) is 0 Å². The summed E-state index contributed by atoms with van der Waals surface area (Å²) >= 11 is 0. The Balaban J connectivity index is 2.18. The summed E-state index contributed by atoms with van der Waals surface area (Å²) in [6.45, 7) is 2.24. The lowest BCUT2D eigenvalue weighted by molar-refractivity contribution is 0.509. The molecule has 0 aromatic heterocycles. The largest absolute Gasteiger partial charge is 0.317 e. The molecule has 0 aliphatic rings. The van der Waals surface area contributed by atoms with Crippen molar-refractivity contribution >= 4 is 10.8 Å². The Morgan fingerprint density at radius 3 is 2.59 bits per heavy atom. The van der Waals surface area contributed by atoms with E-state index in [2.05, 4.69) is 61.8 Å². The standard InChI is InChI=1S/C16H21N/c1-3-15(17-2)12-11-14-9-6-8-13-7-4-5-10-16(13)14/h4-10,15,17H,3,11-12H2,1-2H3. The molecule has 2 rings (SSSR count). The molecule has 1 N–H and O–H groups in total. The highest BCUT2D eigenvalue weighted by Crippen LogP contribution is 2.20. The second-order valence-corrected chi connectivity index (χ2v) is 4.57. The van der Waals surface area contributed by atoms with Gasteiger partial charge in [-0.05, 0) is 42.6 Å². The zero-order valence-corrected chi connectivity index (χ0v) is 10.7. The van der Waals surface area contributed by atoms with E-state index >= 15 is 0 Å². The van der Waals surface area contributed by atoms with E-state index in [1.807, 2.05) is 0 Å². The summed E-state index contributed by atoms with van der Waals surface area (Å²) in [6.07, 6.45) is 3.56. The molecule has 0 radical (unpaired) electrons. The van der Waals surface area contributed by atoms with Crippen molar-refractivity contribution in [3.05, 3.63) is 48.0 Å². The van der Waals surface area contributed by atoms with Crippen LogP contribution in [0.3, 0.4) is 0 Å². The van der Waals surface area contributed by atoms with Gasteiger partial charge in [-0.3, -0.25) is 0 Å². The van der Waals surface area contributed by atoms with E-state index < -0.39 is 0 Å². The first-order chi connectivity index (χ1) is 8.35. The van der Waals surface area contributed by atoms with Gasteiger partial charge in [0, 0.05) is 6.04 Å². The third-order valence-corrected chi connectivity index (χ3v) is 3.54. The minimum absolute atomic E-state index is 0.633. The first kappa shape index (κ1) is 12.1. The predicted octanol–water partition coefficient (Wildman–Crippen LogP) is 3.77. The highest BCUT2D eigenvalue weighted by molar-refractivity contribution is 5.85. The molecular formula is C16H21N. The second-order valence-electron chi connectivity index (χ2n) is 4.57. The lowest BCUT2D eigenvalue weighted by atomic mass is 9.98. The summed E-state index contributed by atoms with van der Waals surface area (Å²) in [5.74, 6) is 0. The maximum absolute atomic E-state index is 3.37. The Bertz CT molecular complexity index is 466. The smallest absolute Gasteiger partial charge is 0.00646 e. The normalized spacial score (nSPS) is 12.8. The molecule has 0 aliphatic heterocycles. The second kappa shape index (κ2) is 5.83. The molecular weight excluding hydrogens is 206 g/mol. The molecule has 1 unspecified atom stereocenters. The molecule has 0 saturated carbocycles. The average Bonchev–Trinajstić information content (AvgIpc) is 2.40. The Morgan fingerprint density at radius 2 is 1.82 bits per heavy atom. The van der Waals surface area contributed by atoms with Gasteiger partial charge in [0.05, 0.1) is 0 Å². The Labute approximate surface area is 104 Å². The van der Waals surface area contributed by atoms with Gasteiger partial charge < -0.3 is 5.32 Å². The molecule has 2 aromatic carbocycles. The summed E-state index contributed by atoms with van der Waals surface area (Å²) in [4.78, 5) is 0. The van der Waals surface area contributed by atoms with E-state index in [9.17, 15) is 0 Å². The fourth-order valence-corrected chi connectivity index (χ4v) is 2.39. The summed E-state index contributed by atoms with van der Waals surface area (Å²) < 4.78 is 0. The van der Waals surface area contributed by atoms with Gasteiger partial charge in [0.1, 0.15) is 0 Å². The zero-order valence-electron chi connectivity index (χ0n) is 10.7. The molecule has 0 fully saturated rings. The molecule has 1 atom stereocenters. The molecule has 0 heterocycles. The average molecular weight is 227 g/mol. The fourth-order valence-electron chi connectivity index (χ4n) is 2.39. The van der Waals surface area contributed by atoms with Crippen molar-refractivity contribution in [2.75, 3.05) is 7.05 Å². The Morgan fingerprint density at radius 1 is 1.06 bits per heavy atom. The van der Waals surface area contributed by atoms with Crippen molar-refractivity contribution in [1.29, 1.82) is 0 Å². The van der Waals surface area contributed by atoms with Gasteiger partial charge in [0.2, 0.25) is 0 Å². The highest BCUT2D eigenvalue weighted by Gasteiger charge is 2.05. The highest BCUT2D eigenvalue weighted by atomic mass is 14.9. The zero-order chi connectivity index (χ0) is 12.1. The number of hydrogen-bond acceptors (Lipinski definition) is 1. The number of fused-ring (bicyclic) bond motifs is 1. The summed E-state index contributed by atoms with van der Waals surface area (Å²) in [5, 5.41) is 6.12. The van der Waals surface area contributed by atoms with Crippen LogP contribution in [0.15, 0.2) is 42.5 Å². The molecule has 2 aromatic rings. The number of benzene rings is 2. The van der Waals surface area contributed by atoms with Gasteiger partial charge in [0.25, 0.3) is 0 Å². The van der Waals surface area contributed by atoms with E-state index in [4.69, 9.17) is 0 Å². The van der Waals surface area contributed by atoms with Crippen LogP contribution in [0.5, 0.6) is 0 Å². The fraction of sp³-hybridized carbons (Fsp3) is 0.375. The first-order valence-corrected chi connectivity index (χ1v) is 6.49. The van der Waals surface area contributed by atoms with Gasteiger partial charge in [0.15, 0.2) is 0 Å². The van der Waals surface area contributed by atoms with E-state index in [1.165, 1.54) is 29.2 Å². The predicted molar refractivity (Wildman–Crippen MR) is 75.4 cm³/mol. The van der Waals surface area contributed by atoms with Crippen molar-refractivity contribution in [3.63, 3.8) is 0 Å². The van der Waals surface area contributed by atoms with Gasteiger partial charge in [-0.2, -0.15) is 0 Å². The maximum Gasteiger partial charge on any atom is 0.00646 e. The summed E-state index contributed by atoms with van der Waals surface area (Å²) in [6, 6.07) is 15.9. The summed E-state index contributed by atoms with van der Waals surface area (Å²) in [5.41, 5.74) is 1.47. The van der Waals surface area contributed by atoms with Crippen LogP contribution < -0.4 is 5.32 Å². The van der Waals surface area contributed by atoms with E-state index in [-0.39, 0.29) is 0 Å². The first-order valence-electron chi connectivity index (χ1n) is 6.49. The molecule has 0 amide bonds. The van der Waals surface area contributed by atoms with Crippen LogP contribution in [-0.2, 0) is 6.42 Å². The molecule has 1 nitrogen and oxygen atoms in total. The van der Waals surface area contributed by atoms with Crippen LogP contribution in [0, 0.1) is 0 Å². The Kier molecular flexibility index (Phi) is 4.16. The van der Waals surface area contributed by atoms with Gasteiger partial charge >= 0.3 is 0 Å². The molecule has 1 heteroatoms. The van der Waals surface area contributed by atoms with E-state index in [0.717, 1.165) is 6.42 Å². The molecule has 0 bridgehead atoms. The molecule has 17 heavy (non-hydrogen) atoms. The lowest BCUT2D eigenvalue weighted by Crippen LogP contribution is -2.24. The van der Waals surface area contributed by atoms with Gasteiger partial charge in [-0.25, -0.2) is 0 Å². The number of hydrogen-bond donors (Lipinski definition) is 1. The van der Waals surface area contributed by atoms with Gasteiger partial charge in [-0.1, -0.05) is 49.4 Å². The molecule has 90 valence electrons. The maximum atomic E-state index is 3.37. The van der Waals surface area contributed by atoms with Crippen LogP contribution in [0.2, 0.25) is 0 Å². The van der Waals surface area contributed by atoms with Crippen molar-refractivity contribution in [1.82, 2.24) is 5.32 Å². The topological polar surface area (TPSA) is 12.0 Å². The van der Waals surface area contributed by atoms with Crippen molar-refractivity contribution in [2.24, 2.45) is 0 Å². The van der Waals surface area contributed by atoms with Crippen LogP contribution >= 0.6 is 0 Å². The van der Waals surface area contributed by atoms with Crippen LogP contribution in [-0.4, -0.2) is 13.1 Å². The van der Waals surface area contributed by atoms with Crippen LogP contribution in [0.1, 0.15) is 25.3 Å². The molecule has 0 aliphatic carbocycles. The Hall–Kier alpha value is -1.34. The molecule has 0 spiro atoms. The lowest BCUT2D eigenvalue weighted by Gasteiger charge is -2.14. The number of aryl methyl sites for hydroxylation is 1. The van der Waals surface area contributed by atoms with Gasteiger partial charge in [-0.15, -0.1) is 0 Å². The molecule has 0 saturated heterocycles. The van der Waals surface area contributed by atoms with E-state index in [0.29, 0.717) is 6.04 Å². The minimum Gasteiger partial charge on any atom is -0.317 e. The minimum atomic E-state index is 0.633. The van der Waals surface area contributed by atoms with E-state index in [1.54, 1.807) is 0 Å². The third kappa shape index (κ3) is 2.86. The number of nitrogens with one attached hydrogen (secondary N) is 1. The monoisotopic (exact) mass is 227 g/mol. The van der Waals surface area contributed by atoms with Crippen LogP contribution in [0.25, 0.3) is 10.8 Å². The quantitative estimate of drug-likeness (QED) is 0.820. The van der Waals surface area contributed by atoms with Crippen molar-refractivity contribution in [3.8, 4) is 0 Å².